The van der Waals surface area contributed by atoms with Gasteiger partial charge in [-0.1, -0.05) is 14.4 Å². The molecule has 0 aliphatic heterocycles. The van der Waals surface area contributed by atoms with E-state index in [0.29, 0.717) is 0 Å². The molecule has 1 aromatic carbocycles. The Hall–Kier alpha value is -1.30. The van der Waals surface area contributed by atoms with Crippen LogP contribution in [0.5, 0.6) is 5.75 Å². The number of alkyl halides is 1. The molecule has 1 aromatic rings. The summed E-state index contributed by atoms with van der Waals surface area (Å²) >= 11 is 0. The molecule has 1 aliphatic carbocycles. The second kappa shape index (κ2) is 10.4. The van der Waals surface area contributed by atoms with Crippen LogP contribution in [-0.4, -0.2) is 20.1 Å². The standard InChI is InChI=1S/C8H15FO.C7H5F3O.CH4.H2/c1-7-2-4-8(5-3-7)10-6-9;1-11-5-3-2-4(8)6(9)7(5)10;;/h7-8H,2-6H2,1H3;2-3H,1H3;1H4;1H. The maximum Gasteiger partial charge on any atom is 0.203 e. The Morgan fingerprint density at radius 1 is 1.09 bits per heavy atom. The smallest absolute Gasteiger partial charge is 0.203 e. The summed E-state index contributed by atoms with van der Waals surface area (Å²) in [5.74, 6) is -3.51. The predicted molar refractivity (Wildman–Crippen MR) is 80.2 cm³/mol. The van der Waals surface area contributed by atoms with Crippen LogP contribution >= 0.6 is 0 Å². The van der Waals surface area contributed by atoms with Gasteiger partial charge in [0.25, 0.3) is 0 Å². The lowest BCUT2D eigenvalue weighted by Gasteiger charge is -2.24. The molecular formula is C16H26F4O2. The topological polar surface area (TPSA) is 18.5 Å². The Balaban J connectivity index is 0. The fourth-order valence-electron chi connectivity index (χ4n) is 2.15. The van der Waals surface area contributed by atoms with Crippen molar-refractivity contribution in [3.05, 3.63) is 29.6 Å². The molecule has 0 bridgehead atoms. The van der Waals surface area contributed by atoms with Crippen molar-refractivity contribution < 1.29 is 28.5 Å². The average molecular weight is 326 g/mol. The van der Waals surface area contributed by atoms with E-state index in [9.17, 15) is 17.6 Å². The highest BCUT2D eigenvalue weighted by molar-refractivity contribution is 5.25. The van der Waals surface area contributed by atoms with Gasteiger partial charge in [-0.3, -0.25) is 0 Å². The van der Waals surface area contributed by atoms with E-state index >= 15 is 0 Å². The molecule has 6 heteroatoms. The van der Waals surface area contributed by atoms with Crippen molar-refractivity contribution in [1.82, 2.24) is 0 Å². The van der Waals surface area contributed by atoms with Crippen LogP contribution in [0.1, 0.15) is 41.5 Å². The zero-order valence-corrected chi connectivity index (χ0v) is 12.2. The SMILES string of the molecule is C.CC1CCC(OCF)CC1.COc1ccc(F)c(F)c1F.[HH]. The fraction of sp³-hybridized carbons (Fsp3) is 0.625. The molecule has 130 valence electrons. The van der Waals surface area contributed by atoms with Gasteiger partial charge in [0, 0.05) is 1.43 Å². The van der Waals surface area contributed by atoms with Gasteiger partial charge in [0.15, 0.2) is 24.2 Å². The second-order valence-electron chi connectivity index (χ2n) is 5.04. The zero-order chi connectivity index (χ0) is 15.8. The van der Waals surface area contributed by atoms with E-state index in [-0.39, 0.29) is 20.7 Å². The summed E-state index contributed by atoms with van der Waals surface area (Å²) in [5, 5.41) is 0. The summed E-state index contributed by atoms with van der Waals surface area (Å²) in [5.41, 5.74) is 0. The molecule has 2 rings (SSSR count). The molecule has 2 nitrogen and oxygen atoms in total. The highest BCUT2D eigenvalue weighted by atomic mass is 19.2. The average Bonchev–Trinajstić information content (AvgIpc) is 2.48. The second-order valence-corrected chi connectivity index (χ2v) is 5.04. The van der Waals surface area contributed by atoms with Gasteiger partial charge < -0.3 is 9.47 Å². The number of rotatable bonds is 3. The summed E-state index contributed by atoms with van der Waals surface area (Å²) in [4.78, 5) is 0. The molecule has 1 aliphatic rings. The largest absolute Gasteiger partial charge is 0.494 e. The minimum absolute atomic E-state index is 0. The van der Waals surface area contributed by atoms with Crippen molar-refractivity contribution in [3.8, 4) is 5.75 Å². The monoisotopic (exact) mass is 326 g/mol. The van der Waals surface area contributed by atoms with Crippen LogP contribution in [0.3, 0.4) is 0 Å². The van der Waals surface area contributed by atoms with E-state index in [2.05, 4.69) is 11.7 Å². The lowest BCUT2D eigenvalue weighted by molar-refractivity contribution is -0.0274. The molecule has 0 amide bonds. The molecule has 0 heterocycles. The Morgan fingerprint density at radius 2 is 1.68 bits per heavy atom. The van der Waals surface area contributed by atoms with Crippen LogP contribution in [0.4, 0.5) is 17.6 Å². The van der Waals surface area contributed by atoms with Crippen LogP contribution in [0.25, 0.3) is 0 Å². The first kappa shape index (κ1) is 20.7. The molecule has 22 heavy (non-hydrogen) atoms. The van der Waals surface area contributed by atoms with E-state index in [4.69, 9.17) is 4.74 Å². The fourth-order valence-corrected chi connectivity index (χ4v) is 2.15. The first-order valence-corrected chi connectivity index (χ1v) is 6.84. The summed E-state index contributed by atoms with van der Waals surface area (Å²) in [6.07, 6.45) is 4.70. The van der Waals surface area contributed by atoms with Crippen molar-refractivity contribution in [3.63, 3.8) is 0 Å². The Labute approximate surface area is 130 Å². The van der Waals surface area contributed by atoms with Gasteiger partial charge in [0.2, 0.25) is 5.82 Å². The molecule has 0 radical (unpaired) electrons. The maximum absolute atomic E-state index is 12.5. The Bertz CT molecular complexity index is 438. The van der Waals surface area contributed by atoms with Gasteiger partial charge in [0.1, 0.15) is 0 Å². The Kier molecular flexibility index (Phi) is 9.81. The van der Waals surface area contributed by atoms with E-state index < -0.39 is 24.3 Å². The van der Waals surface area contributed by atoms with Gasteiger partial charge >= 0.3 is 0 Å². The minimum atomic E-state index is -1.51. The van der Waals surface area contributed by atoms with Crippen molar-refractivity contribution in [1.29, 1.82) is 0 Å². The first-order chi connectivity index (χ1) is 9.99. The number of ether oxygens (including phenoxy) is 2. The number of benzene rings is 1. The lowest BCUT2D eigenvalue weighted by atomic mass is 9.89. The van der Waals surface area contributed by atoms with Crippen LogP contribution in [0.15, 0.2) is 12.1 Å². The third-order valence-electron chi connectivity index (χ3n) is 3.48. The van der Waals surface area contributed by atoms with Gasteiger partial charge in [-0.25, -0.2) is 13.2 Å². The molecule has 0 unspecified atom stereocenters. The third-order valence-corrected chi connectivity index (χ3v) is 3.48. The third kappa shape index (κ3) is 6.22. The van der Waals surface area contributed by atoms with Crippen molar-refractivity contribution >= 4 is 0 Å². The van der Waals surface area contributed by atoms with Crippen LogP contribution in [0, 0.1) is 23.4 Å². The zero-order valence-electron chi connectivity index (χ0n) is 12.2. The van der Waals surface area contributed by atoms with Gasteiger partial charge in [-0.2, -0.15) is 4.39 Å². The van der Waals surface area contributed by atoms with Crippen molar-refractivity contribution in [2.24, 2.45) is 5.92 Å². The lowest BCUT2D eigenvalue weighted by Crippen LogP contribution is -2.19. The van der Waals surface area contributed by atoms with Gasteiger partial charge in [-0.15, -0.1) is 0 Å². The molecule has 0 spiro atoms. The summed E-state index contributed by atoms with van der Waals surface area (Å²) in [6, 6.07) is 1.82. The number of hydrogen-bond acceptors (Lipinski definition) is 2. The van der Waals surface area contributed by atoms with E-state index in [1.54, 1.807) is 0 Å². The number of hydrogen-bond donors (Lipinski definition) is 0. The van der Waals surface area contributed by atoms with E-state index in [1.807, 2.05) is 0 Å². The summed E-state index contributed by atoms with van der Waals surface area (Å²) in [7, 11) is 1.18. The molecule has 1 saturated carbocycles. The van der Waals surface area contributed by atoms with Crippen molar-refractivity contribution in [2.75, 3.05) is 14.0 Å². The number of methoxy groups -OCH3 is 1. The highest BCUT2D eigenvalue weighted by Crippen LogP contribution is 2.25. The molecule has 0 aromatic heterocycles. The van der Waals surface area contributed by atoms with Crippen molar-refractivity contribution in [2.45, 2.75) is 46.1 Å². The Morgan fingerprint density at radius 3 is 2.18 bits per heavy atom. The highest BCUT2D eigenvalue weighted by Gasteiger charge is 2.18. The van der Waals surface area contributed by atoms with Crippen LogP contribution < -0.4 is 4.74 Å². The molecule has 1 fully saturated rings. The quantitative estimate of drug-likeness (QED) is 0.539. The van der Waals surface area contributed by atoms with Crippen LogP contribution in [0.2, 0.25) is 0 Å². The maximum atomic E-state index is 12.5. The van der Waals surface area contributed by atoms with Gasteiger partial charge in [-0.05, 0) is 43.7 Å². The normalized spacial score (nSPS) is 20.5. The van der Waals surface area contributed by atoms with Gasteiger partial charge in [0.05, 0.1) is 13.2 Å². The summed E-state index contributed by atoms with van der Waals surface area (Å²) < 4.78 is 58.0. The van der Waals surface area contributed by atoms with E-state index in [1.165, 1.54) is 20.0 Å². The molecule has 0 N–H and O–H groups in total. The minimum Gasteiger partial charge on any atom is -0.494 e. The number of halogens is 4. The van der Waals surface area contributed by atoms with E-state index in [0.717, 1.165) is 30.9 Å². The first-order valence-electron chi connectivity index (χ1n) is 6.84. The molecular weight excluding hydrogens is 300 g/mol. The summed E-state index contributed by atoms with van der Waals surface area (Å²) in [6.45, 7) is 1.63. The predicted octanol–water partition coefficient (Wildman–Crippen LogP) is 5.50. The van der Waals surface area contributed by atoms with Crippen LogP contribution in [-0.2, 0) is 4.74 Å². The molecule has 0 atom stereocenters. The molecule has 0 saturated heterocycles.